The lowest BCUT2D eigenvalue weighted by atomic mass is 9.62. The number of Topliss-reactive ketones (excluding diaryl/α,β-unsaturated/α-hetero) is 1. The van der Waals surface area contributed by atoms with Crippen molar-refractivity contribution in [2.24, 2.45) is 11.8 Å². The molecule has 1 aromatic carbocycles. The number of aryl methyl sites for hydroxylation is 1. The van der Waals surface area contributed by atoms with E-state index in [-0.39, 0.29) is 11.3 Å². The molecule has 0 aromatic heterocycles. The molecule has 19 heavy (non-hydrogen) atoms. The van der Waals surface area contributed by atoms with Crippen molar-refractivity contribution in [3.8, 4) is 5.75 Å². The molecule has 0 heterocycles. The Bertz CT molecular complexity index is 546. The van der Waals surface area contributed by atoms with Gasteiger partial charge in [-0.2, -0.15) is 0 Å². The lowest BCUT2D eigenvalue weighted by Crippen LogP contribution is -2.41. The molecule has 1 unspecified atom stereocenters. The van der Waals surface area contributed by atoms with Gasteiger partial charge < -0.3 is 4.74 Å². The summed E-state index contributed by atoms with van der Waals surface area (Å²) >= 11 is 0. The molecule has 0 saturated heterocycles. The van der Waals surface area contributed by atoms with Crippen LogP contribution < -0.4 is 4.74 Å². The number of carbonyl (C=O) groups is 1. The number of rotatable bonds is 1. The molecular weight excluding hydrogens is 236 g/mol. The van der Waals surface area contributed by atoms with Crippen molar-refractivity contribution in [2.75, 3.05) is 7.11 Å². The van der Waals surface area contributed by atoms with E-state index in [1.165, 1.54) is 16.7 Å². The van der Waals surface area contributed by atoms with E-state index in [2.05, 4.69) is 32.9 Å². The molecule has 2 aliphatic carbocycles. The minimum atomic E-state index is 0.111. The van der Waals surface area contributed by atoms with Gasteiger partial charge in [-0.3, -0.25) is 4.79 Å². The number of hydrogen-bond acceptors (Lipinski definition) is 2. The number of carbonyl (C=O) groups excluding carboxylic acids is 1. The average molecular weight is 258 g/mol. The molecule has 102 valence electrons. The second-order valence-corrected chi connectivity index (χ2v) is 6.43. The first-order chi connectivity index (χ1) is 8.99. The van der Waals surface area contributed by atoms with Gasteiger partial charge in [0.15, 0.2) is 0 Å². The van der Waals surface area contributed by atoms with Gasteiger partial charge in [0.1, 0.15) is 11.5 Å². The second kappa shape index (κ2) is 4.09. The molecule has 3 atom stereocenters. The molecule has 2 heteroatoms. The minimum absolute atomic E-state index is 0.111. The molecule has 1 fully saturated rings. The summed E-state index contributed by atoms with van der Waals surface area (Å²) in [6, 6.07) is 4.37. The Labute approximate surface area is 115 Å². The van der Waals surface area contributed by atoms with E-state index in [0.29, 0.717) is 18.1 Å². The Hall–Kier alpha value is -1.31. The molecule has 0 bridgehead atoms. The van der Waals surface area contributed by atoms with E-state index < -0.39 is 0 Å². The Morgan fingerprint density at radius 1 is 1.37 bits per heavy atom. The van der Waals surface area contributed by atoms with Crippen LogP contribution in [0.1, 0.15) is 43.4 Å². The number of fused-ring (bicyclic) bond motifs is 3. The summed E-state index contributed by atoms with van der Waals surface area (Å²) in [5, 5.41) is 0. The molecule has 2 nitrogen and oxygen atoms in total. The van der Waals surface area contributed by atoms with Crippen LogP contribution in [0.15, 0.2) is 12.1 Å². The maximum atomic E-state index is 12.0. The van der Waals surface area contributed by atoms with Gasteiger partial charge in [0.2, 0.25) is 0 Å². The third-order valence-electron chi connectivity index (χ3n) is 5.48. The van der Waals surface area contributed by atoms with E-state index in [1.807, 2.05) is 0 Å². The van der Waals surface area contributed by atoms with Crippen LogP contribution in [0, 0.1) is 18.8 Å². The fourth-order valence-corrected chi connectivity index (χ4v) is 4.31. The highest BCUT2D eigenvalue weighted by molar-refractivity contribution is 5.83. The van der Waals surface area contributed by atoms with Crippen LogP contribution in [-0.2, 0) is 16.6 Å². The second-order valence-electron chi connectivity index (χ2n) is 6.43. The molecule has 1 saturated carbocycles. The molecule has 0 N–H and O–H groups in total. The predicted molar refractivity (Wildman–Crippen MR) is 75.7 cm³/mol. The van der Waals surface area contributed by atoms with E-state index in [9.17, 15) is 4.79 Å². The number of benzene rings is 1. The van der Waals surface area contributed by atoms with Crippen molar-refractivity contribution < 1.29 is 9.53 Å². The van der Waals surface area contributed by atoms with E-state index >= 15 is 0 Å². The van der Waals surface area contributed by atoms with Gasteiger partial charge in [0.25, 0.3) is 0 Å². The van der Waals surface area contributed by atoms with Crippen LogP contribution >= 0.6 is 0 Å². The molecule has 0 radical (unpaired) electrons. The van der Waals surface area contributed by atoms with E-state index in [0.717, 1.165) is 18.6 Å². The van der Waals surface area contributed by atoms with Crippen molar-refractivity contribution >= 4 is 5.78 Å². The Balaban J connectivity index is 2.17. The number of methoxy groups -OCH3 is 1. The average Bonchev–Trinajstić information content (AvgIpc) is 2.69. The molecule has 3 rings (SSSR count). The van der Waals surface area contributed by atoms with Crippen LogP contribution in [-0.4, -0.2) is 12.9 Å². The molecule has 2 aliphatic rings. The van der Waals surface area contributed by atoms with Crippen molar-refractivity contribution in [3.05, 3.63) is 28.8 Å². The number of ether oxygens (including phenoxy) is 1. The van der Waals surface area contributed by atoms with Crippen LogP contribution in [0.25, 0.3) is 0 Å². The lowest BCUT2D eigenvalue weighted by molar-refractivity contribution is -0.127. The lowest BCUT2D eigenvalue weighted by Gasteiger charge is -2.40. The smallest absolute Gasteiger partial charge is 0.136 e. The summed E-state index contributed by atoms with van der Waals surface area (Å²) in [5.41, 5.74) is 4.07. The van der Waals surface area contributed by atoms with Crippen LogP contribution in [0.2, 0.25) is 0 Å². The van der Waals surface area contributed by atoms with Gasteiger partial charge in [-0.25, -0.2) is 0 Å². The number of ketones is 1. The Morgan fingerprint density at radius 2 is 2.11 bits per heavy atom. The van der Waals surface area contributed by atoms with Gasteiger partial charge >= 0.3 is 0 Å². The summed E-state index contributed by atoms with van der Waals surface area (Å²) in [4.78, 5) is 12.0. The summed E-state index contributed by atoms with van der Waals surface area (Å²) in [6.07, 6.45) is 2.70. The van der Waals surface area contributed by atoms with Crippen molar-refractivity contribution in [2.45, 2.75) is 45.4 Å². The van der Waals surface area contributed by atoms with Gasteiger partial charge in [-0.05, 0) is 36.8 Å². The quantitative estimate of drug-likeness (QED) is 0.771. The van der Waals surface area contributed by atoms with Crippen molar-refractivity contribution in [3.63, 3.8) is 0 Å². The maximum Gasteiger partial charge on any atom is 0.136 e. The molecule has 0 spiro atoms. The highest BCUT2D eigenvalue weighted by atomic mass is 16.5. The monoisotopic (exact) mass is 258 g/mol. The van der Waals surface area contributed by atoms with Gasteiger partial charge in [-0.1, -0.05) is 26.0 Å². The first-order valence-electron chi connectivity index (χ1n) is 7.18. The normalized spacial score (nSPS) is 32.9. The van der Waals surface area contributed by atoms with Gasteiger partial charge in [0.05, 0.1) is 7.11 Å². The third kappa shape index (κ3) is 1.58. The topological polar surface area (TPSA) is 26.3 Å². The van der Waals surface area contributed by atoms with Gasteiger partial charge in [0, 0.05) is 23.3 Å². The van der Waals surface area contributed by atoms with Crippen LogP contribution in [0.4, 0.5) is 0 Å². The predicted octanol–water partition coefficient (Wildman–Crippen LogP) is 3.43. The summed E-state index contributed by atoms with van der Waals surface area (Å²) in [7, 11) is 1.76. The highest BCUT2D eigenvalue weighted by Crippen LogP contribution is 2.55. The largest absolute Gasteiger partial charge is 0.496 e. The summed E-state index contributed by atoms with van der Waals surface area (Å²) in [5.74, 6) is 2.10. The zero-order valence-electron chi connectivity index (χ0n) is 12.2. The van der Waals surface area contributed by atoms with Crippen molar-refractivity contribution in [1.29, 1.82) is 0 Å². The minimum Gasteiger partial charge on any atom is -0.496 e. The fraction of sp³-hybridized carbons (Fsp3) is 0.588. The molecule has 0 aliphatic heterocycles. The summed E-state index contributed by atoms with van der Waals surface area (Å²) in [6.45, 7) is 6.54. The van der Waals surface area contributed by atoms with Crippen molar-refractivity contribution in [1.82, 2.24) is 0 Å². The van der Waals surface area contributed by atoms with Gasteiger partial charge in [-0.15, -0.1) is 0 Å². The zero-order valence-corrected chi connectivity index (χ0v) is 12.2. The fourth-order valence-electron chi connectivity index (χ4n) is 4.31. The zero-order chi connectivity index (χ0) is 13.8. The Morgan fingerprint density at radius 3 is 2.79 bits per heavy atom. The third-order valence-corrected chi connectivity index (χ3v) is 5.48. The first-order valence-corrected chi connectivity index (χ1v) is 7.18. The maximum absolute atomic E-state index is 12.0. The Kier molecular flexibility index (Phi) is 2.74. The highest BCUT2D eigenvalue weighted by Gasteiger charge is 2.51. The first kappa shape index (κ1) is 12.7. The van der Waals surface area contributed by atoms with Crippen LogP contribution in [0.5, 0.6) is 5.75 Å². The molecule has 0 amide bonds. The van der Waals surface area contributed by atoms with Crippen LogP contribution in [0.3, 0.4) is 0 Å². The molecule has 1 aromatic rings. The SMILES string of the molecule is COc1c(C)ccc2c1[C@@]1(C)CCC(=O)C(C)[C@H]1C2. The van der Waals surface area contributed by atoms with E-state index in [4.69, 9.17) is 4.74 Å². The standard InChI is InChI=1S/C17H22O2/c1-10-5-6-12-9-13-11(2)14(18)7-8-17(13,3)15(12)16(10)19-4/h5-6,11,13H,7-9H2,1-4H3/t11?,13-,17+/m1/s1. The summed E-state index contributed by atoms with van der Waals surface area (Å²) < 4.78 is 5.68. The van der Waals surface area contributed by atoms with E-state index in [1.54, 1.807) is 7.11 Å². The molecular formula is C17H22O2. The number of hydrogen-bond donors (Lipinski definition) is 0.